The molecule has 0 amide bonds. The molecule has 2 heteroatoms. The van der Waals surface area contributed by atoms with Gasteiger partial charge in [0.2, 0.25) is 0 Å². The molecule has 1 aliphatic rings. The maximum atomic E-state index is 3.72. The normalized spacial score (nSPS) is 23.2. The molecule has 1 saturated heterocycles. The van der Waals surface area contributed by atoms with E-state index in [1.807, 2.05) is 6.08 Å². The summed E-state index contributed by atoms with van der Waals surface area (Å²) in [5.74, 6) is 0.863. The lowest BCUT2D eigenvalue weighted by atomic mass is 10.1. The molecule has 1 atom stereocenters. The highest BCUT2D eigenvalue weighted by Crippen LogP contribution is 2.17. The Bertz CT molecular complexity index is 166. The van der Waals surface area contributed by atoms with Crippen molar-refractivity contribution in [1.82, 2.24) is 10.2 Å². The van der Waals surface area contributed by atoms with Crippen LogP contribution in [0.1, 0.15) is 26.7 Å². The molecule has 1 unspecified atom stereocenters. The Morgan fingerprint density at radius 3 is 2.93 bits per heavy atom. The average molecular weight is 196 g/mol. The van der Waals surface area contributed by atoms with Crippen LogP contribution in [0.5, 0.6) is 0 Å². The highest BCUT2D eigenvalue weighted by Gasteiger charge is 2.23. The first kappa shape index (κ1) is 11.7. The van der Waals surface area contributed by atoms with Gasteiger partial charge < -0.3 is 10.2 Å². The molecule has 0 saturated carbocycles. The predicted molar refractivity (Wildman–Crippen MR) is 62.5 cm³/mol. The van der Waals surface area contributed by atoms with Crippen LogP contribution in [0.2, 0.25) is 0 Å². The average Bonchev–Trinajstić information content (AvgIpc) is 2.61. The van der Waals surface area contributed by atoms with E-state index in [0.29, 0.717) is 6.04 Å². The van der Waals surface area contributed by atoms with Gasteiger partial charge in [0.15, 0.2) is 0 Å². The smallest absolute Gasteiger partial charge is 0.00387 e. The monoisotopic (exact) mass is 196 g/mol. The molecule has 1 rings (SSSR count). The van der Waals surface area contributed by atoms with Crippen LogP contribution < -0.4 is 5.32 Å². The van der Waals surface area contributed by atoms with Crippen molar-refractivity contribution in [3.05, 3.63) is 12.7 Å². The predicted octanol–water partition coefficient (Wildman–Crippen LogP) is 1.88. The Kier molecular flexibility index (Phi) is 5.20. The van der Waals surface area contributed by atoms with Crippen molar-refractivity contribution in [3.8, 4) is 0 Å². The lowest BCUT2D eigenvalue weighted by Gasteiger charge is -2.20. The van der Waals surface area contributed by atoms with E-state index < -0.39 is 0 Å². The van der Waals surface area contributed by atoms with E-state index in [4.69, 9.17) is 0 Å². The number of likely N-dealkylation sites (tertiary alicyclic amines) is 1. The summed E-state index contributed by atoms with van der Waals surface area (Å²) in [6.45, 7) is 13.1. The molecule has 0 aromatic heterocycles. The Hall–Kier alpha value is -0.340. The third-order valence-electron chi connectivity index (χ3n) is 3.01. The zero-order valence-corrected chi connectivity index (χ0v) is 9.63. The van der Waals surface area contributed by atoms with E-state index in [-0.39, 0.29) is 0 Å². The second-order valence-electron chi connectivity index (χ2n) is 4.52. The lowest BCUT2D eigenvalue weighted by Crippen LogP contribution is -2.30. The zero-order chi connectivity index (χ0) is 10.4. The van der Waals surface area contributed by atoms with Gasteiger partial charge in [-0.15, -0.1) is 6.58 Å². The molecule has 0 aromatic carbocycles. The van der Waals surface area contributed by atoms with Crippen LogP contribution in [0.25, 0.3) is 0 Å². The van der Waals surface area contributed by atoms with Crippen LogP contribution in [-0.4, -0.2) is 37.1 Å². The fourth-order valence-corrected chi connectivity index (χ4v) is 2.01. The topological polar surface area (TPSA) is 15.3 Å². The van der Waals surface area contributed by atoms with Crippen LogP contribution in [-0.2, 0) is 0 Å². The summed E-state index contributed by atoms with van der Waals surface area (Å²) >= 11 is 0. The van der Waals surface area contributed by atoms with Crippen molar-refractivity contribution in [2.45, 2.75) is 32.7 Å². The van der Waals surface area contributed by atoms with Gasteiger partial charge in [-0.25, -0.2) is 0 Å². The van der Waals surface area contributed by atoms with Crippen LogP contribution >= 0.6 is 0 Å². The highest BCUT2D eigenvalue weighted by atomic mass is 15.2. The maximum absolute atomic E-state index is 3.72. The molecule has 0 bridgehead atoms. The fourth-order valence-electron chi connectivity index (χ4n) is 2.01. The molecule has 0 aromatic rings. The van der Waals surface area contributed by atoms with Gasteiger partial charge >= 0.3 is 0 Å². The number of nitrogens with one attached hydrogen (secondary N) is 1. The minimum Gasteiger partial charge on any atom is -0.316 e. The summed E-state index contributed by atoms with van der Waals surface area (Å²) in [5.41, 5.74) is 0. The molecule has 1 aliphatic heterocycles. The van der Waals surface area contributed by atoms with Crippen molar-refractivity contribution in [1.29, 1.82) is 0 Å². The van der Waals surface area contributed by atoms with Crippen molar-refractivity contribution in [2.75, 3.05) is 26.2 Å². The van der Waals surface area contributed by atoms with Gasteiger partial charge in [-0.05, 0) is 52.2 Å². The van der Waals surface area contributed by atoms with Gasteiger partial charge in [0.1, 0.15) is 0 Å². The molecule has 82 valence electrons. The SMILES string of the molecule is C=CCCNCC1CCN(C(C)C)C1. The van der Waals surface area contributed by atoms with Crippen molar-refractivity contribution in [3.63, 3.8) is 0 Å². The van der Waals surface area contributed by atoms with Crippen molar-refractivity contribution >= 4 is 0 Å². The Morgan fingerprint density at radius 1 is 1.57 bits per heavy atom. The minimum atomic E-state index is 0.716. The van der Waals surface area contributed by atoms with Crippen LogP contribution in [0.3, 0.4) is 0 Å². The largest absolute Gasteiger partial charge is 0.316 e. The number of rotatable bonds is 6. The molecular formula is C12H24N2. The first-order valence-corrected chi connectivity index (χ1v) is 5.79. The van der Waals surface area contributed by atoms with Gasteiger partial charge in [0.25, 0.3) is 0 Å². The Morgan fingerprint density at radius 2 is 2.36 bits per heavy atom. The van der Waals surface area contributed by atoms with Crippen molar-refractivity contribution < 1.29 is 0 Å². The minimum absolute atomic E-state index is 0.716. The Balaban J connectivity index is 2.07. The molecule has 2 nitrogen and oxygen atoms in total. The first-order chi connectivity index (χ1) is 6.74. The van der Waals surface area contributed by atoms with E-state index in [1.54, 1.807) is 0 Å². The summed E-state index contributed by atoms with van der Waals surface area (Å²) < 4.78 is 0. The molecule has 14 heavy (non-hydrogen) atoms. The van der Waals surface area contributed by atoms with Crippen LogP contribution in [0, 0.1) is 5.92 Å². The molecule has 1 fully saturated rings. The summed E-state index contributed by atoms with van der Waals surface area (Å²) in [6.07, 6.45) is 4.42. The van der Waals surface area contributed by atoms with E-state index in [1.165, 1.54) is 26.1 Å². The second-order valence-corrected chi connectivity index (χ2v) is 4.52. The third kappa shape index (κ3) is 3.81. The summed E-state index contributed by atoms with van der Waals surface area (Å²) in [7, 11) is 0. The van der Waals surface area contributed by atoms with Gasteiger partial charge in [-0.1, -0.05) is 6.08 Å². The molecular weight excluding hydrogens is 172 g/mol. The number of hydrogen-bond acceptors (Lipinski definition) is 2. The summed E-state index contributed by atoms with van der Waals surface area (Å²) in [5, 5.41) is 3.49. The fraction of sp³-hybridized carbons (Fsp3) is 0.833. The standard InChI is InChI=1S/C12H24N2/c1-4-5-7-13-9-12-6-8-14(10-12)11(2)3/h4,11-13H,1,5-10H2,2-3H3. The summed E-state index contributed by atoms with van der Waals surface area (Å²) in [4.78, 5) is 2.57. The maximum Gasteiger partial charge on any atom is 0.00387 e. The molecule has 1 N–H and O–H groups in total. The van der Waals surface area contributed by atoms with E-state index in [0.717, 1.165) is 18.9 Å². The number of hydrogen-bond donors (Lipinski definition) is 1. The van der Waals surface area contributed by atoms with Gasteiger partial charge in [-0.3, -0.25) is 0 Å². The van der Waals surface area contributed by atoms with Gasteiger partial charge in [-0.2, -0.15) is 0 Å². The zero-order valence-electron chi connectivity index (χ0n) is 9.63. The van der Waals surface area contributed by atoms with Crippen LogP contribution in [0.15, 0.2) is 12.7 Å². The summed E-state index contributed by atoms with van der Waals surface area (Å²) in [6, 6.07) is 0.716. The van der Waals surface area contributed by atoms with Gasteiger partial charge in [0.05, 0.1) is 0 Å². The molecule has 0 spiro atoms. The van der Waals surface area contributed by atoms with Crippen molar-refractivity contribution in [2.24, 2.45) is 5.92 Å². The lowest BCUT2D eigenvalue weighted by molar-refractivity contribution is 0.264. The first-order valence-electron chi connectivity index (χ1n) is 5.79. The molecule has 0 radical (unpaired) electrons. The molecule has 0 aliphatic carbocycles. The van der Waals surface area contributed by atoms with E-state index >= 15 is 0 Å². The van der Waals surface area contributed by atoms with Gasteiger partial charge in [0, 0.05) is 12.6 Å². The third-order valence-corrected chi connectivity index (χ3v) is 3.01. The highest BCUT2D eigenvalue weighted by molar-refractivity contribution is 4.79. The van der Waals surface area contributed by atoms with Crippen LogP contribution in [0.4, 0.5) is 0 Å². The second kappa shape index (κ2) is 6.20. The molecule has 1 heterocycles. The Labute approximate surface area is 88.4 Å². The van der Waals surface area contributed by atoms with E-state index in [2.05, 4.69) is 30.6 Å². The quantitative estimate of drug-likeness (QED) is 0.515. The van der Waals surface area contributed by atoms with E-state index in [9.17, 15) is 0 Å². The number of nitrogens with zero attached hydrogens (tertiary/aromatic N) is 1.